The van der Waals surface area contributed by atoms with Gasteiger partial charge in [-0.25, -0.2) is 23.5 Å². The summed E-state index contributed by atoms with van der Waals surface area (Å²) in [5.41, 5.74) is 3.83. The van der Waals surface area contributed by atoms with Crippen LogP contribution in [-0.4, -0.2) is 44.6 Å². The lowest BCUT2D eigenvalue weighted by atomic mass is 10.0. The number of hydrogen-bond donors (Lipinski definition) is 1. The zero-order valence-corrected chi connectivity index (χ0v) is 18.1. The maximum atomic E-state index is 11.9. The van der Waals surface area contributed by atoms with Crippen LogP contribution in [-0.2, 0) is 10.0 Å². The molecule has 3 heterocycles. The first kappa shape index (κ1) is 20.6. The maximum absolute atomic E-state index is 11.9. The van der Waals surface area contributed by atoms with Gasteiger partial charge in [0.2, 0.25) is 0 Å². The molecular formula is C21H22ClN5O2S. The summed E-state index contributed by atoms with van der Waals surface area (Å²) in [6.45, 7) is 4.72. The summed E-state index contributed by atoms with van der Waals surface area (Å²) < 4.78 is 23.7. The minimum absolute atomic E-state index is 0.0880. The minimum Gasteiger partial charge on any atom is -0.366 e. The van der Waals surface area contributed by atoms with Crippen LogP contribution in [0.25, 0.3) is 11.1 Å². The van der Waals surface area contributed by atoms with Gasteiger partial charge in [0.15, 0.2) is 5.03 Å². The number of benzene rings is 1. The molecule has 0 amide bonds. The van der Waals surface area contributed by atoms with Gasteiger partial charge in [0.1, 0.15) is 5.82 Å². The second-order valence-corrected chi connectivity index (χ2v) is 9.12. The van der Waals surface area contributed by atoms with Crippen molar-refractivity contribution in [1.82, 2.24) is 9.97 Å². The Balaban J connectivity index is 1.54. The second kappa shape index (κ2) is 8.22. The third-order valence-electron chi connectivity index (χ3n) is 5.22. The third-order valence-corrected chi connectivity index (χ3v) is 6.31. The van der Waals surface area contributed by atoms with Gasteiger partial charge in [-0.3, -0.25) is 0 Å². The highest BCUT2D eigenvalue weighted by Crippen LogP contribution is 2.29. The number of anilines is 2. The molecule has 30 heavy (non-hydrogen) atoms. The number of aryl methyl sites for hydroxylation is 1. The van der Waals surface area contributed by atoms with Crippen molar-refractivity contribution in [1.29, 1.82) is 0 Å². The quantitative estimate of drug-likeness (QED) is 0.666. The molecule has 1 fully saturated rings. The van der Waals surface area contributed by atoms with Gasteiger partial charge in [0.05, 0.1) is 5.69 Å². The first-order valence-electron chi connectivity index (χ1n) is 9.53. The molecule has 1 aliphatic rings. The molecule has 4 rings (SSSR count). The van der Waals surface area contributed by atoms with Crippen LogP contribution in [0.2, 0.25) is 5.02 Å². The lowest BCUT2D eigenvalue weighted by molar-refractivity contribution is 0.591. The SMILES string of the molecule is Cc1ccc(Cl)cc1-c1ccnc(N2CCN(c3cccnc3S(N)(=O)=O)CC2)c1. The van der Waals surface area contributed by atoms with Crippen molar-refractivity contribution in [3.8, 4) is 11.1 Å². The van der Waals surface area contributed by atoms with Gasteiger partial charge in [0.25, 0.3) is 10.0 Å². The lowest BCUT2D eigenvalue weighted by Crippen LogP contribution is -2.47. The number of pyridine rings is 2. The molecular weight excluding hydrogens is 422 g/mol. The second-order valence-electron chi connectivity index (χ2n) is 7.21. The van der Waals surface area contributed by atoms with Crippen molar-refractivity contribution >= 4 is 33.1 Å². The van der Waals surface area contributed by atoms with E-state index in [0.29, 0.717) is 36.9 Å². The van der Waals surface area contributed by atoms with E-state index in [1.54, 1.807) is 18.3 Å². The Morgan fingerprint density at radius 1 is 0.967 bits per heavy atom. The predicted molar refractivity (Wildman–Crippen MR) is 119 cm³/mol. The van der Waals surface area contributed by atoms with Gasteiger partial charge in [-0.05, 0) is 60.0 Å². The van der Waals surface area contributed by atoms with Crippen molar-refractivity contribution in [2.24, 2.45) is 5.14 Å². The molecule has 2 N–H and O–H groups in total. The number of sulfonamides is 1. The lowest BCUT2D eigenvalue weighted by Gasteiger charge is -2.37. The number of nitrogens with two attached hydrogens (primary N) is 1. The summed E-state index contributed by atoms with van der Waals surface area (Å²) >= 11 is 6.19. The maximum Gasteiger partial charge on any atom is 0.257 e. The van der Waals surface area contributed by atoms with E-state index >= 15 is 0 Å². The average molecular weight is 444 g/mol. The fourth-order valence-corrected chi connectivity index (χ4v) is 4.55. The standard InChI is InChI=1S/C21H22ClN5O2S/c1-15-4-5-17(22)14-18(15)16-6-8-24-20(13-16)27-11-9-26(10-12-27)19-3-2-7-25-21(19)30(23,28)29/h2-8,13-14H,9-12H2,1H3,(H2,23,28,29). The Morgan fingerprint density at radius 3 is 2.43 bits per heavy atom. The van der Waals surface area contributed by atoms with E-state index in [1.807, 2.05) is 29.2 Å². The summed E-state index contributed by atoms with van der Waals surface area (Å²) in [5.74, 6) is 0.879. The minimum atomic E-state index is -3.88. The Kier molecular flexibility index (Phi) is 5.64. The van der Waals surface area contributed by atoms with E-state index in [0.717, 1.165) is 22.5 Å². The molecule has 0 bridgehead atoms. The highest BCUT2D eigenvalue weighted by molar-refractivity contribution is 7.89. The Morgan fingerprint density at radius 2 is 1.70 bits per heavy atom. The molecule has 7 nitrogen and oxygen atoms in total. The number of rotatable bonds is 4. The number of hydrogen-bond acceptors (Lipinski definition) is 6. The molecule has 1 saturated heterocycles. The molecule has 0 radical (unpaired) electrons. The number of halogens is 1. The van der Waals surface area contributed by atoms with E-state index in [-0.39, 0.29) is 5.03 Å². The molecule has 0 spiro atoms. The Labute approximate surface area is 181 Å². The van der Waals surface area contributed by atoms with Crippen LogP contribution >= 0.6 is 11.6 Å². The number of aromatic nitrogens is 2. The molecule has 0 atom stereocenters. The number of primary sulfonamides is 1. The fourth-order valence-electron chi connectivity index (χ4n) is 3.68. The number of piperazine rings is 1. The van der Waals surface area contributed by atoms with Gasteiger partial charge in [0, 0.05) is 43.6 Å². The molecule has 9 heteroatoms. The summed E-state index contributed by atoms with van der Waals surface area (Å²) in [6, 6.07) is 13.4. The van der Waals surface area contributed by atoms with E-state index in [9.17, 15) is 8.42 Å². The monoisotopic (exact) mass is 443 g/mol. The third kappa shape index (κ3) is 4.26. The van der Waals surface area contributed by atoms with Gasteiger partial charge in [-0.2, -0.15) is 0 Å². The van der Waals surface area contributed by atoms with E-state index < -0.39 is 10.0 Å². The summed E-state index contributed by atoms with van der Waals surface area (Å²) in [7, 11) is -3.88. The largest absolute Gasteiger partial charge is 0.366 e. The normalized spacial score (nSPS) is 14.8. The Bertz CT molecular complexity index is 1180. The van der Waals surface area contributed by atoms with Crippen molar-refractivity contribution in [3.63, 3.8) is 0 Å². The van der Waals surface area contributed by atoms with Gasteiger partial charge in [-0.1, -0.05) is 17.7 Å². The summed E-state index contributed by atoms with van der Waals surface area (Å²) in [6.07, 6.45) is 3.24. The summed E-state index contributed by atoms with van der Waals surface area (Å²) in [4.78, 5) is 12.7. The predicted octanol–water partition coefficient (Wildman–Crippen LogP) is 3.08. The average Bonchev–Trinajstić information content (AvgIpc) is 2.75. The van der Waals surface area contributed by atoms with Crippen LogP contribution in [0.1, 0.15) is 5.56 Å². The van der Waals surface area contributed by atoms with E-state index in [1.165, 1.54) is 6.20 Å². The van der Waals surface area contributed by atoms with Crippen LogP contribution in [0, 0.1) is 6.92 Å². The van der Waals surface area contributed by atoms with Gasteiger partial charge < -0.3 is 9.80 Å². The van der Waals surface area contributed by atoms with Crippen molar-refractivity contribution in [2.45, 2.75) is 11.9 Å². The van der Waals surface area contributed by atoms with Gasteiger partial charge >= 0.3 is 0 Å². The zero-order chi connectivity index (χ0) is 21.3. The highest BCUT2D eigenvalue weighted by atomic mass is 35.5. The van der Waals surface area contributed by atoms with Crippen LogP contribution < -0.4 is 14.9 Å². The van der Waals surface area contributed by atoms with Crippen LogP contribution in [0.3, 0.4) is 0 Å². The first-order valence-corrected chi connectivity index (χ1v) is 11.5. The van der Waals surface area contributed by atoms with Crippen LogP contribution in [0.15, 0.2) is 59.9 Å². The molecule has 0 unspecified atom stereocenters. The molecule has 2 aromatic heterocycles. The smallest absolute Gasteiger partial charge is 0.257 e. The van der Waals surface area contributed by atoms with Crippen LogP contribution in [0.5, 0.6) is 0 Å². The molecule has 3 aromatic rings. The van der Waals surface area contributed by atoms with Crippen molar-refractivity contribution in [2.75, 3.05) is 36.0 Å². The van der Waals surface area contributed by atoms with Crippen LogP contribution in [0.4, 0.5) is 11.5 Å². The first-order chi connectivity index (χ1) is 14.3. The molecule has 156 valence electrons. The zero-order valence-electron chi connectivity index (χ0n) is 16.5. The highest BCUT2D eigenvalue weighted by Gasteiger charge is 2.24. The van der Waals surface area contributed by atoms with Crippen molar-refractivity contribution in [3.05, 3.63) is 65.4 Å². The summed E-state index contributed by atoms with van der Waals surface area (Å²) in [5, 5.41) is 5.94. The van der Waals surface area contributed by atoms with E-state index in [4.69, 9.17) is 16.7 Å². The fraction of sp³-hybridized carbons (Fsp3) is 0.238. The molecule has 1 aliphatic heterocycles. The Hall–Kier alpha value is -2.68. The van der Waals surface area contributed by atoms with Gasteiger partial charge in [-0.15, -0.1) is 0 Å². The topological polar surface area (TPSA) is 92.4 Å². The number of nitrogens with zero attached hydrogens (tertiary/aromatic N) is 4. The molecule has 0 saturated carbocycles. The molecule has 0 aliphatic carbocycles. The van der Waals surface area contributed by atoms with Crippen molar-refractivity contribution < 1.29 is 8.42 Å². The van der Waals surface area contributed by atoms with E-state index in [2.05, 4.69) is 27.9 Å². The molecule has 1 aromatic carbocycles.